The average Bonchev–Trinajstić information content (AvgIpc) is 2.97. The Kier molecular flexibility index (Phi) is 5.68. The van der Waals surface area contributed by atoms with Crippen LogP contribution in [0.25, 0.3) is 11.1 Å². The van der Waals surface area contributed by atoms with Crippen molar-refractivity contribution in [2.75, 3.05) is 26.4 Å². The second-order valence-electron chi connectivity index (χ2n) is 6.01. The van der Waals surface area contributed by atoms with Crippen LogP contribution in [0, 0.1) is 0 Å². The zero-order valence-electron chi connectivity index (χ0n) is 14.3. The molecule has 5 nitrogen and oxygen atoms in total. The van der Waals surface area contributed by atoms with Gasteiger partial charge in [-0.15, -0.1) is 0 Å². The molecule has 0 fully saturated rings. The van der Waals surface area contributed by atoms with Gasteiger partial charge in [0.2, 0.25) is 0 Å². The Hall–Kier alpha value is -2.37. The first-order valence-corrected chi connectivity index (χ1v) is 8.54. The van der Waals surface area contributed by atoms with Crippen LogP contribution in [0.4, 0.5) is 4.79 Å². The van der Waals surface area contributed by atoms with Gasteiger partial charge in [0.05, 0.1) is 19.3 Å². The number of ether oxygens (including phenoxy) is 2. The summed E-state index contributed by atoms with van der Waals surface area (Å²) in [6.07, 6.45) is -0.541. The molecule has 1 aliphatic carbocycles. The summed E-state index contributed by atoms with van der Waals surface area (Å²) in [5.74, 6) is 0.0256. The second-order valence-corrected chi connectivity index (χ2v) is 6.01. The molecular weight excluding hydrogens is 318 g/mol. The Balaban J connectivity index is 1.66. The fourth-order valence-corrected chi connectivity index (χ4v) is 3.21. The predicted octanol–water partition coefficient (Wildman–Crippen LogP) is 2.92. The number of aliphatic hydroxyl groups excluding tert-OH is 1. The molecule has 1 amide bonds. The Morgan fingerprint density at radius 2 is 1.72 bits per heavy atom. The summed E-state index contributed by atoms with van der Waals surface area (Å²) in [6, 6.07) is 15.9. The summed E-state index contributed by atoms with van der Waals surface area (Å²) in [6.45, 7) is 2.72. The van der Waals surface area contributed by atoms with Gasteiger partial charge in [0.15, 0.2) is 0 Å². The molecule has 0 aliphatic heterocycles. The summed E-state index contributed by atoms with van der Waals surface area (Å²) in [5, 5.41) is 11.9. The van der Waals surface area contributed by atoms with Crippen LogP contribution in [0.1, 0.15) is 24.0 Å². The number of benzene rings is 2. The van der Waals surface area contributed by atoms with Crippen molar-refractivity contribution in [2.24, 2.45) is 0 Å². The molecule has 25 heavy (non-hydrogen) atoms. The number of fused-ring (bicyclic) bond motifs is 3. The lowest BCUT2D eigenvalue weighted by atomic mass is 9.98. The third kappa shape index (κ3) is 3.83. The smallest absolute Gasteiger partial charge is 0.407 e. The molecule has 1 aliphatic rings. The SMILES string of the molecule is CCOC[C@H](CO)NC(=O)OCC1c2ccccc2-c2ccccc21. The molecule has 0 saturated carbocycles. The quantitative estimate of drug-likeness (QED) is 0.812. The number of hydrogen-bond acceptors (Lipinski definition) is 4. The molecule has 0 radical (unpaired) electrons. The van der Waals surface area contributed by atoms with Gasteiger partial charge >= 0.3 is 6.09 Å². The Morgan fingerprint density at radius 3 is 2.28 bits per heavy atom. The van der Waals surface area contributed by atoms with Crippen molar-refractivity contribution < 1.29 is 19.4 Å². The minimum absolute atomic E-state index is 0.0256. The maximum absolute atomic E-state index is 12.1. The predicted molar refractivity (Wildman–Crippen MR) is 95.6 cm³/mol. The maximum Gasteiger partial charge on any atom is 0.407 e. The fraction of sp³-hybridized carbons (Fsp3) is 0.350. The molecule has 3 rings (SSSR count). The van der Waals surface area contributed by atoms with Gasteiger partial charge in [-0.2, -0.15) is 0 Å². The first-order chi connectivity index (χ1) is 12.2. The van der Waals surface area contributed by atoms with Crippen LogP contribution in [-0.4, -0.2) is 43.7 Å². The van der Waals surface area contributed by atoms with E-state index >= 15 is 0 Å². The highest BCUT2D eigenvalue weighted by atomic mass is 16.5. The number of hydrogen-bond donors (Lipinski definition) is 2. The average molecular weight is 341 g/mol. The largest absolute Gasteiger partial charge is 0.449 e. The van der Waals surface area contributed by atoms with Crippen molar-refractivity contribution in [3.8, 4) is 11.1 Å². The second kappa shape index (κ2) is 8.14. The van der Waals surface area contributed by atoms with Crippen molar-refractivity contribution in [2.45, 2.75) is 18.9 Å². The van der Waals surface area contributed by atoms with Crippen molar-refractivity contribution in [3.63, 3.8) is 0 Å². The fourth-order valence-electron chi connectivity index (χ4n) is 3.21. The molecule has 0 spiro atoms. The summed E-state index contributed by atoms with van der Waals surface area (Å²) < 4.78 is 10.7. The van der Waals surface area contributed by atoms with E-state index in [0.29, 0.717) is 6.61 Å². The third-order valence-corrected chi connectivity index (χ3v) is 4.41. The molecular formula is C20H23NO4. The highest BCUT2D eigenvalue weighted by Crippen LogP contribution is 2.44. The van der Waals surface area contributed by atoms with Crippen molar-refractivity contribution in [3.05, 3.63) is 59.7 Å². The van der Waals surface area contributed by atoms with Crippen LogP contribution in [0.15, 0.2) is 48.5 Å². The van der Waals surface area contributed by atoms with E-state index in [9.17, 15) is 9.90 Å². The standard InChI is InChI=1S/C20H23NO4/c1-2-24-12-14(11-22)21-20(23)25-13-19-17-9-5-3-7-15(17)16-8-4-6-10-18(16)19/h3-10,14,19,22H,2,11-13H2,1H3,(H,21,23)/t14-/m0/s1. The van der Waals surface area contributed by atoms with Gasteiger partial charge in [0, 0.05) is 12.5 Å². The Labute approximate surface area is 147 Å². The summed E-state index contributed by atoms with van der Waals surface area (Å²) >= 11 is 0. The lowest BCUT2D eigenvalue weighted by Crippen LogP contribution is -2.41. The van der Waals surface area contributed by atoms with E-state index in [2.05, 4.69) is 29.6 Å². The molecule has 5 heteroatoms. The summed E-state index contributed by atoms with van der Waals surface area (Å²) in [7, 11) is 0. The maximum atomic E-state index is 12.1. The molecule has 2 aromatic carbocycles. The number of carbonyl (C=O) groups is 1. The van der Waals surface area contributed by atoms with Gasteiger partial charge in [-0.1, -0.05) is 48.5 Å². The highest BCUT2D eigenvalue weighted by Gasteiger charge is 2.29. The van der Waals surface area contributed by atoms with E-state index in [0.717, 1.165) is 0 Å². The zero-order chi connectivity index (χ0) is 17.6. The van der Waals surface area contributed by atoms with Crippen LogP contribution < -0.4 is 5.32 Å². The van der Waals surface area contributed by atoms with E-state index in [1.807, 2.05) is 31.2 Å². The van der Waals surface area contributed by atoms with Crippen molar-refractivity contribution in [1.82, 2.24) is 5.32 Å². The van der Waals surface area contributed by atoms with Crippen molar-refractivity contribution in [1.29, 1.82) is 0 Å². The molecule has 0 saturated heterocycles. The first-order valence-electron chi connectivity index (χ1n) is 8.54. The monoisotopic (exact) mass is 341 g/mol. The lowest BCUT2D eigenvalue weighted by molar-refractivity contribution is 0.0861. The molecule has 132 valence electrons. The topological polar surface area (TPSA) is 67.8 Å². The van der Waals surface area contributed by atoms with Gasteiger partial charge in [0.1, 0.15) is 6.61 Å². The van der Waals surface area contributed by atoms with E-state index in [1.54, 1.807) is 0 Å². The molecule has 1 atom stereocenters. The number of alkyl carbamates (subject to hydrolysis) is 1. The Bertz CT molecular complexity index is 686. The molecule has 0 aromatic heterocycles. The van der Waals surface area contributed by atoms with Crippen LogP contribution in [0.5, 0.6) is 0 Å². The highest BCUT2D eigenvalue weighted by molar-refractivity contribution is 5.79. The van der Waals surface area contributed by atoms with Crippen LogP contribution in [-0.2, 0) is 9.47 Å². The van der Waals surface area contributed by atoms with E-state index < -0.39 is 12.1 Å². The summed E-state index contributed by atoms with van der Waals surface area (Å²) in [5.41, 5.74) is 4.72. The first kappa shape index (κ1) is 17.5. The number of aliphatic hydroxyl groups is 1. The molecule has 2 N–H and O–H groups in total. The number of rotatable bonds is 7. The zero-order valence-corrected chi connectivity index (χ0v) is 14.3. The Morgan fingerprint density at radius 1 is 1.12 bits per heavy atom. The van der Waals surface area contributed by atoms with E-state index in [-0.39, 0.29) is 25.7 Å². The van der Waals surface area contributed by atoms with E-state index in [4.69, 9.17) is 9.47 Å². The van der Waals surface area contributed by atoms with Gasteiger partial charge in [-0.05, 0) is 29.2 Å². The third-order valence-electron chi connectivity index (χ3n) is 4.41. The lowest BCUT2D eigenvalue weighted by Gasteiger charge is -2.18. The minimum Gasteiger partial charge on any atom is -0.449 e. The van der Waals surface area contributed by atoms with Crippen LogP contribution >= 0.6 is 0 Å². The normalized spacial score (nSPS) is 13.8. The van der Waals surface area contributed by atoms with Gasteiger partial charge in [-0.25, -0.2) is 4.79 Å². The minimum atomic E-state index is -0.541. The molecule has 0 unspecified atom stereocenters. The van der Waals surface area contributed by atoms with Gasteiger partial charge in [-0.3, -0.25) is 0 Å². The molecule has 0 bridgehead atoms. The van der Waals surface area contributed by atoms with E-state index in [1.165, 1.54) is 22.3 Å². The number of carbonyl (C=O) groups excluding carboxylic acids is 1. The van der Waals surface area contributed by atoms with Crippen LogP contribution in [0.2, 0.25) is 0 Å². The molecule has 2 aromatic rings. The molecule has 0 heterocycles. The number of amides is 1. The van der Waals surface area contributed by atoms with Gasteiger partial charge in [0.25, 0.3) is 0 Å². The van der Waals surface area contributed by atoms with Crippen LogP contribution in [0.3, 0.4) is 0 Å². The summed E-state index contributed by atoms with van der Waals surface area (Å²) in [4.78, 5) is 12.1. The number of nitrogens with one attached hydrogen (secondary N) is 1. The van der Waals surface area contributed by atoms with Gasteiger partial charge < -0.3 is 19.9 Å². The van der Waals surface area contributed by atoms with Crippen molar-refractivity contribution >= 4 is 6.09 Å².